The fraction of sp³-hybridized carbons (Fsp3) is 0.312. The second-order valence-corrected chi connectivity index (χ2v) is 5.14. The van der Waals surface area contributed by atoms with Crippen molar-refractivity contribution < 1.29 is 14.2 Å². The van der Waals surface area contributed by atoms with E-state index in [0.29, 0.717) is 43.2 Å². The van der Waals surface area contributed by atoms with Gasteiger partial charge >= 0.3 is 0 Å². The monoisotopic (exact) mass is 327 g/mol. The van der Waals surface area contributed by atoms with Crippen LogP contribution in [0.3, 0.4) is 0 Å². The number of nitrogens with two attached hydrogens (primary N) is 2. The molecule has 0 bridgehead atoms. The first-order valence-corrected chi connectivity index (χ1v) is 7.47. The molecule has 1 aliphatic rings. The van der Waals surface area contributed by atoms with Crippen LogP contribution in [0.15, 0.2) is 24.3 Å². The zero-order chi connectivity index (χ0) is 16.9. The third-order valence-corrected chi connectivity index (χ3v) is 3.49. The Morgan fingerprint density at radius 2 is 2.04 bits per heavy atom. The standard InChI is InChI=1S/C16H17N5O3/c17-9-12-14(20-16(19)21-15(12)18)10-2-1-3-11(8-10)22-5-4-13-23-6-7-24-13/h1-3,8,13H,4-7H2,(H4,18,19,20,21). The molecule has 3 rings (SSSR count). The van der Waals surface area contributed by atoms with E-state index in [1.54, 1.807) is 12.1 Å². The summed E-state index contributed by atoms with van der Waals surface area (Å²) in [5.74, 6) is 0.718. The van der Waals surface area contributed by atoms with Crippen LogP contribution in [0.4, 0.5) is 11.8 Å². The van der Waals surface area contributed by atoms with Crippen molar-refractivity contribution in [2.24, 2.45) is 0 Å². The van der Waals surface area contributed by atoms with Crippen molar-refractivity contribution in [3.05, 3.63) is 29.8 Å². The molecule has 1 saturated heterocycles. The lowest BCUT2D eigenvalue weighted by Crippen LogP contribution is -2.12. The van der Waals surface area contributed by atoms with Crippen molar-refractivity contribution in [2.75, 3.05) is 31.3 Å². The minimum Gasteiger partial charge on any atom is -0.493 e. The molecule has 0 aliphatic carbocycles. The molecule has 24 heavy (non-hydrogen) atoms. The van der Waals surface area contributed by atoms with E-state index in [-0.39, 0.29) is 23.6 Å². The van der Waals surface area contributed by atoms with E-state index < -0.39 is 0 Å². The van der Waals surface area contributed by atoms with Gasteiger partial charge in [-0.1, -0.05) is 12.1 Å². The summed E-state index contributed by atoms with van der Waals surface area (Å²) in [6, 6.07) is 9.22. The molecule has 1 aromatic carbocycles. The molecule has 0 unspecified atom stereocenters. The average molecular weight is 327 g/mol. The van der Waals surface area contributed by atoms with Crippen molar-refractivity contribution in [1.82, 2.24) is 9.97 Å². The van der Waals surface area contributed by atoms with E-state index >= 15 is 0 Å². The molecule has 2 heterocycles. The molecule has 1 fully saturated rings. The predicted octanol–water partition coefficient (Wildman–Crippen LogP) is 1.32. The number of hydrogen-bond acceptors (Lipinski definition) is 8. The average Bonchev–Trinajstić information content (AvgIpc) is 3.08. The number of rotatable bonds is 5. The van der Waals surface area contributed by atoms with Crippen molar-refractivity contribution in [3.63, 3.8) is 0 Å². The van der Waals surface area contributed by atoms with Crippen LogP contribution in [-0.4, -0.2) is 36.1 Å². The summed E-state index contributed by atoms with van der Waals surface area (Å²) in [6.07, 6.45) is 0.431. The Labute approximate surface area is 139 Å². The van der Waals surface area contributed by atoms with Crippen LogP contribution in [0.5, 0.6) is 5.75 Å². The van der Waals surface area contributed by atoms with Gasteiger partial charge < -0.3 is 25.7 Å². The largest absolute Gasteiger partial charge is 0.493 e. The molecule has 1 aromatic heterocycles. The van der Waals surface area contributed by atoms with Gasteiger partial charge in [0.05, 0.1) is 25.5 Å². The quantitative estimate of drug-likeness (QED) is 0.841. The Hall–Kier alpha value is -2.89. The summed E-state index contributed by atoms with van der Waals surface area (Å²) in [5.41, 5.74) is 12.6. The maximum Gasteiger partial charge on any atom is 0.222 e. The molecule has 0 saturated carbocycles. The normalized spacial score (nSPS) is 14.5. The third-order valence-electron chi connectivity index (χ3n) is 3.49. The highest BCUT2D eigenvalue weighted by Gasteiger charge is 2.16. The van der Waals surface area contributed by atoms with Gasteiger partial charge in [-0.3, -0.25) is 0 Å². The molecule has 8 nitrogen and oxygen atoms in total. The highest BCUT2D eigenvalue weighted by atomic mass is 16.7. The van der Waals surface area contributed by atoms with Gasteiger partial charge in [0.2, 0.25) is 5.95 Å². The molecule has 0 spiro atoms. The van der Waals surface area contributed by atoms with Gasteiger partial charge in [-0.05, 0) is 12.1 Å². The second-order valence-electron chi connectivity index (χ2n) is 5.14. The van der Waals surface area contributed by atoms with E-state index in [9.17, 15) is 5.26 Å². The minimum absolute atomic E-state index is 0.0170. The number of nitrogens with zero attached hydrogens (tertiary/aromatic N) is 3. The number of hydrogen-bond donors (Lipinski definition) is 2. The van der Waals surface area contributed by atoms with Crippen LogP contribution in [0.25, 0.3) is 11.3 Å². The lowest BCUT2D eigenvalue weighted by atomic mass is 10.1. The van der Waals surface area contributed by atoms with Crippen molar-refractivity contribution in [3.8, 4) is 23.1 Å². The van der Waals surface area contributed by atoms with Gasteiger partial charge in [0.25, 0.3) is 0 Å². The molecule has 2 aromatic rings. The zero-order valence-electron chi connectivity index (χ0n) is 12.9. The first-order valence-electron chi connectivity index (χ1n) is 7.47. The van der Waals surface area contributed by atoms with Gasteiger partial charge in [-0.15, -0.1) is 0 Å². The molecule has 8 heteroatoms. The fourth-order valence-electron chi connectivity index (χ4n) is 2.40. The first kappa shape index (κ1) is 16.0. The maximum atomic E-state index is 9.27. The van der Waals surface area contributed by atoms with Gasteiger partial charge in [-0.25, -0.2) is 4.98 Å². The van der Waals surface area contributed by atoms with E-state index in [4.69, 9.17) is 25.7 Å². The maximum absolute atomic E-state index is 9.27. The summed E-state index contributed by atoms with van der Waals surface area (Å²) in [4.78, 5) is 7.94. The molecule has 1 aliphatic heterocycles. The Morgan fingerprint density at radius 1 is 1.25 bits per heavy atom. The van der Waals surface area contributed by atoms with Crippen LogP contribution in [-0.2, 0) is 9.47 Å². The summed E-state index contributed by atoms with van der Waals surface area (Å²) in [5, 5.41) is 9.27. The summed E-state index contributed by atoms with van der Waals surface area (Å²) >= 11 is 0. The zero-order valence-corrected chi connectivity index (χ0v) is 12.9. The van der Waals surface area contributed by atoms with E-state index in [1.165, 1.54) is 0 Å². The van der Waals surface area contributed by atoms with Crippen LogP contribution in [0.1, 0.15) is 12.0 Å². The number of aromatic nitrogens is 2. The molecule has 0 amide bonds. The van der Waals surface area contributed by atoms with Gasteiger partial charge in [0.15, 0.2) is 6.29 Å². The Bertz CT molecular complexity index is 769. The van der Waals surface area contributed by atoms with Crippen molar-refractivity contribution >= 4 is 11.8 Å². The Morgan fingerprint density at radius 3 is 2.79 bits per heavy atom. The lowest BCUT2D eigenvalue weighted by molar-refractivity contribution is -0.0531. The molecule has 4 N–H and O–H groups in total. The van der Waals surface area contributed by atoms with E-state index in [0.717, 1.165) is 0 Å². The summed E-state index contributed by atoms with van der Waals surface area (Å²) in [7, 11) is 0. The summed E-state index contributed by atoms with van der Waals surface area (Å²) < 4.78 is 16.4. The number of nitriles is 1. The van der Waals surface area contributed by atoms with Crippen molar-refractivity contribution in [2.45, 2.75) is 12.7 Å². The van der Waals surface area contributed by atoms with E-state index in [2.05, 4.69) is 9.97 Å². The predicted molar refractivity (Wildman–Crippen MR) is 86.8 cm³/mol. The van der Waals surface area contributed by atoms with Crippen LogP contribution < -0.4 is 16.2 Å². The van der Waals surface area contributed by atoms with Gasteiger partial charge in [-0.2, -0.15) is 10.2 Å². The molecular formula is C16H17N5O3. The number of benzene rings is 1. The number of nitrogen functional groups attached to an aromatic ring is 2. The summed E-state index contributed by atoms with van der Waals surface area (Å²) in [6.45, 7) is 1.69. The van der Waals surface area contributed by atoms with Crippen molar-refractivity contribution in [1.29, 1.82) is 5.26 Å². The molecule has 124 valence electrons. The second kappa shape index (κ2) is 7.12. The minimum atomic E-state index is -0.208. The Balaban J connectivity index is 1.77. The highest BCUT2D eigenvalue weighted by Crippen LogP contribution is 2.28. The first-order chi connectivity index (χ1) is 11.7. The highest BCUT2D eigenvalue weighted by molar-refractivity contribution is 5.73. The van der Waals surface area contributed by atoms with Crippen LogP contribution in [0.2, 0.25) is 0 Å². The fourth-order valence-corrected chi connectivity index (χ4v) is 2.40. The molecule has 0 radical (unpaired) electrons. The van der Waals surface area contributed by atoms with Crippen LogP contribution in [0, 0.1) is 11.3 Å². The molecular weight excluding hydrogens is 310 g/mol. The Kier molecular flexibility index (Phi) is 4.74. The van der Waals surface area contributed by atoms with Gasteiger partial charge in [0.1, 0.15) is 23.2 Å². The number of anilines is 2. The lowest BCUT2D eigenvalue weighted by Gasteiger charge is -2.12. The molecule has 0 atom stereocenters. The van der Waals surface area contributed by atoms with E-state index in [1.807, 2.05) is 18.2 Å². The smallest absolute Gasteiger partial charge is 0.222 e. The number of ether oxygens (including phenoxy) is 3. The third kappa shape index (κ3) is 3.53. The SMILES string of the molecule is N#Cc1c(N)nc(N)nc1-c1cccc(OCCC2OCCO2)c1. The topological polar surface area (TPSA) is 129 Å². The van der Waals surface area contributed by atoms with Crippen LogP contribution >= 0.6 is 0 Å². The van der Waals surface area contributed by atoms with Gasteiger partial charge in [0, 0.05) is 12.0 Å².